The molecule has 0 saturated heterocycles. The van der Waals surface area contributed by atoms with Gasteiger partial charge in [0.05, 0.1) is 16.0 Å². The SMILES string of the molecule is O=C(O)C(Cc1ccc(Cl)c(Cl)c1)c1ccc(Cl)cc1. The number of carbonyl (C=O) groups is 1. The van der Waals surface area contributed by atoms with Crippen LogP contribution in [-0.2, 0) is 11.2 Å². The Morgan fingerprint density at radius 3 is 2.20 bits per heavy atom. The summed E-state index contributed by atoms with van der Waals surface area (Å²) < 4.78 is 0. The predicted octanol–water partition coefficient (Wildman–Crippen LogP) is 5.06. The van der Waals surface area contributed by atoms with Crippen molar-refractivity contribution < 1.29 is 9.90 Å². The van der Waals surface area contributed by atoms with Gasteiger partial charge < -0.3 is 5.11 Å². The third-order valence-electron chi connectivity index (χ3n) is 2.99. The van der Waals surface area contributed by atoms with E-state index in [0.29, 0.717) is 27.1 Å². The Hall–Kier alpha value is -1.22. The van der Waals surface area contributed by atoms with Gasteiger partial charge >= 0.3 is 5.97 Å². The normalized spacial score (nSPS) is 12.2. The molecule has 0 aromatic heterocycles. The van der Waals surface area contributed by atoms with Gasteiger partial charge in [0.2, 0.25) is 0 Å². The molecule has 0 aliphatic heterocycles. The lowest BCUT2D eigenvalue weighted by Crippen LogP contribution is -2.14. The van der Waals surface area contributed by atoms with Gasteiger partial charge in [-0.2, -0.15) is 0 Å². The number of halogens is 3. The molecular weight excluding hydrogens is 319 g/mol. The molecule has 1 atom stereocenters. The lowest BCUT2D eigenvalue weighted by atomic mass is 9.92. The number of hydrogen-bond acceptors (Lipinski definition) is 1. The first-order chi connectivity index (χ1) is 9.47. The van der Waals surface area contributed by atoms with Crippen molar-refractivity contribution in [2.24, 2.45) is 0 Å². The van der Waals surface area contributed by atoms with Crippen LogP contribution in [0.3, 0.4) is 0 Å². The highest BCUT2D eigenvalue weighted by atomic mass is 35.5. The molecule has 0 radical (unpaired) electrons. The highest BCUT2D eigenvalue weighted by Gasteiger charge is 2.20. The molecule has 5 heteroatoms. The molecule has 0 amide bonds. The van der Waals surface area contributed by atoms with Crippen molar-refractivity contribution in [1.82, 2.24) is 0 Å². The Bertz CT molecular complexity index is 624. The van der Waals surface area contributed by atoms with Crippen LogP contribution in [0.1, 0.15) is 17.0 Å². The Kier molecular flexibility index (Phi) is 4.92. The van der Waals surface area contributed by atoms with Crippen LogP contribution in [0.2, 0.25) is 15.1 Å². The minimum atomic E-state index is -0.890. The van der Waals surface area contributed by atoms with Gasteiger partial charge in [-0.15, -0.1) is 0 Å². The third-order valence-corrected chi connectivity index (χ3v) is 3.99. The summed E-state index contributed by atoms with van der Waals surface area (Å²) in [6.07, 6.45) is 0.341. The number of hydrogen-bond donors (Lipinski definition) is 1. The molecule has 2 nitrogen and oxygen atoms in total. The lowest BCUT2D eigenvalue weighted by molar-refractivity contribution is -0.138. The van der Waals surface area contributed by atoms with E-state index in [-0.39, 0.29) is 0 Å². The van der Waals surface area contributed by atoms with E-state index < -0.39 is 11.9 Å². The summed E-state index contributed by atoms with van der Waals surface area (Å²) in [4.78, 5) is 11.4. The molecule has 0 spiro atoms. The molecule has 1 N–H and O–H groups in total. The minimum absolute atomic E-state index is 0.341. The van der Waals surface area contributed by atoms with E-state index in [1.54, 1.807) is 42.5 Å². The Balaban J connectivity index is 2.27. The van der Waals surface area contributed by atoms with E-state index in [2.05, 4.69) is 0 Å². The second-order valence-electron chi connectivity index (χ2n) is 4.39. The van der Waals surface area contributed by atoms with Gasteiger partial charge in [-0.3, -0.25) is 4.79 Å². The standard InChI is InChI=1S/C15H11Cl3O2/c16-11-4-2-10(3-5-11)12(15(19)20)7-9-1-6-13(17)14(18)8-9/h1-6,8,12H,7H2,(H,19,20). The monoisotopic (exact) mass is 328 g/mol. The van der Waals surface area contributed by atoms with E-state index in [0.717, 1.165) is 5.56 Å². The maximum absolute atomic E-state index is 11.4. The molecule has 0 aliphatic rings. The summed E-state index contributed by atoms with van der Waals surface area (Å²) in [6.45, 7) is 0. The van der Waals surface area contributed by atoms with Gasteiger partial charge in [-0.1, -0.05) is 53.0 Å². The molecule has 0 fully saturated rings. The highest BCUT2D eigenvalue weighted by Crippen LogP contribution is 2.27. The van der Waals surface area contributed by atoms with Crippen LogP contribution in [0.25, 0.3) is 0 Å². The molecule has 2 aromatic carbocycles. The molecule has 2 rings (SSSR count). The van der Waals surface area contributed by atoms with Crippen molar-refractivity contribution in [2.45, 2.75) is 12.3 Å². The molecule has 1 unspecified atom stereocenters. The lowest BCUT2D eigenvalue weighted by Gasteiger charge is -2.13. The van der Waals surface area contributed by atoms with Gasteiger partial charge in [-0.05, 0) is 41.8 Å². The van der Waals surface area contributed by atoms with E-state index in [9.17, 15) is 9.90 Å². The number of aliphatic carboxylic acids is 1. The summed E-state index contributed by atoms with van der Waals surface area (Å²) in [5.41, 5.74) is 1.52. The van der Waals surface area contributed by atoms with E-state index in [1.807, 2.05) is 0 Å². The maximum Gasteiger partial charge on any atom is 0.311 e. The van der Waals surface area contributed by atoms with Crippen LogP contribution in [-0.4, -0.2) is 11.1 Å². The van der Waals surface area contributed by atoms with Crippen molar-refractivity contribution in [2.75, 3.05) is 0 Å². The van der Waals surface area contributed by atoms with E-state index >= 15 is 0 Å². The zero-order valence-corrected chi connectivity index (χ0v) is 12.6. The summed E-state index contributed by atoms with van der Waals surface area (Å²) in [6, 6.07) is 11.9. The zero-order valence-electron chi connectivity index (χ0n) is 10.3. The molecule has 2 aromatic rings. The second kappa shape index (κ2) is 6.49. The fraction of sp³-hybridized carbons (Fsp3) is 0.133. The van der Waals surface area contributed by atoms with Crippen LogP contribution >= 0.6 is 34.8 Å². The van der Waals surface area contributed by atoms with Gasteiger partial charge in [0.1, 0.15) is 0 Å². The van der Waals surface area contributed by atoms with Crippen LogP contribution in [0.15, 0.2) is 42.5 Å². The van der Waals surface area contributed by atoms with Crippen molar-refractivity contribution in [3.8, 4) is 0 Å². The summed E-state index contributed by atoms with van der Waals surface area (Å²) in [5, 5.41) is 10.8. The first-order valence-electron chi connectivity index (χ1n) is 5.89. The highest BCUT2D eigenvalue weighted by molar-refractivity contribution is 6.42. The number of carboxylic acids is 1. The molecule has 104 valence electrons. The zero-order chi connectivity index (χ0) is 14.7. The largest absolute Gasteiger partial charge is 0.481 e. The van der Waals surface area contributed by atoms with E-state index in [1.165, 1.54) is 0 Å². The Labute approximate surface area is 131 Å². The van der Waals surface area contributed by atoms with Gasteiger partial charge in [0.15, 0.2) is 0 Å². The molecular formula is C15H11Cl3O2. The van der Waals surface area contributed by atoms with Crippen LogP contribution in [0.5, 0.6) is 0 Å². The van der Waals surface area contributed by atoms with Crippen molar-refractivity contribution in [1.29, 1.82) is 0 Å². The first-order valence-corrected chi connectivity index (χ1v) is 7.03. The first kappa shape index (κ1) is 15.2. The fourth-order valence-electron chi connectivity index (χ4n) is 1.95. The molecule has 20 heavy (non-hydrogen) atoms. The van der Waals surface area contributed by atoms with Crippen molar-refractivity contribution >= 4 is 40.8 Å². The quantitative estimate of drug-likeness (QED) is 0.851. The maximum atomic E-state index is 11.4. The van der Waals surface area contributed by atoms with Gasteiger partial charge in [-0.25, -0.2) is 0 Å². The summed E-state index contributed by atoms with van der Waals surface area (Å²) >= 11 is 17.6. The van der Waals surface area contributed by atoms with Crippen LogP contribution in [0.4, 0.5) is 0 Å². The molecule has 0 saturated carbocycles. The minimum Gasteiger partial charge on any atom is -0.481 e. The number of rotatable bonds is 4. The molecule has 0 aliphatic carbocycles. The average Bonchev–Trinajstić information content (AvgIpc) is 2.41. The van der Waals surface area contributed by atoms with Crippen molar-refractivity contribution in [3.63, 3.8) is 0 Å². The van der Waals surface area contributed by atoms with E-state index in [4.69, 9.17) is 34.8 Å². The average molecular weight is 330 g/mol. The predicted molar refractivity (Wildman–Crippen MR) is 82.0 cm³/mol. The number of benzene rings is 2. The third kappa shape index (κ3) is 3.66. The molecule has 0 bridgehead atoms. The Morgan fingerprint density at radius 1 is 1.00 bits per heavy atom. The second-order valence-corrected chi connectivity index (χ2v) is 5.65. The van der Waals surface area contributed by atoms with Gasteiger partial charge in [0, 0.05) is 5.02 Å². The fourth-order valence-corrected chi connectivity index (χ4v) is 2.39. The van der Waals surface area contributed by atoms with Crippen LogP contribution < -0.4 is 0 Å². The van der Waals surface area contributed by atoms with Gasteiger partial charge in [0.25, 0.3) is 0 Å². The van der Waals surface area contributed by atoms with Crippen LogP contribution in [0, 0.1) is 0 Å². The molecule has 0 heterocycles. The van der Waals surface area contributed by atoms with Crippen molar-refractivity contribution in [3.05, 3.63) is 68.7 Å². The topological polar surface area (TPSA) is 37.3 Å². The summed E-state index contributed by atoms with van der Waals surface area (Å²) in [5.74, 6) is -1.54. The summed E-state index contributed by atoms with van der Waals surface area (Å²) in [7, 11) is 0. The Morgan fingerprint density at radius 2 is 1.65 bits per heavy atom. The smallest absolute Gasteiger partial charge is 0.311 e. The number of carboxylic acid groups (broad SMARTS) is 1.